The second-order valence-electron chi connectivity index (χ2n) is 3.97. The Hall–Kier alpha value is -2.33. The first kappa shape index (κ1) is 16.7. The molecule has 110 valence electrons. The number of carbonyl (C=O) groups excluding carboxylic acids is 1. The van der Waals surface area contributed by atoms with Crippen molar-refractivity contribution in [1.82, 2.24) is 0 Å². The van der Waals surface area contributed by atoms with Gasteiger partial charge in [0.05, 0.1) is 18.1 Å². The van der Waals surface area contributed by atoms with E-state index in [9.17, 15) is 14.9 Å². The van der Waals surface area contributed by atoms with E-state index >= 15 is 0 Å². The minimum Gasteiger partial charge on any atom is -0.466 e. The first-order valence-corrected chi connectivity index (χ1v) is 7.22. The van der Waals surface area contributed by atoms with E-state index in [0.29, 0.717) is 29.1 Å². The molecule has 0 atom stereocenters. The highest BCUT2D eigenvalue weighted by molar-refractivity contribution is 7.99. The highest BCUT2D eigenvalue weighted by Gasteiger charge is 2.11. The maximum atomic E-state index is 11.7. The standard InChI is InChI=1S/C14H14N2O4S/c1-20-14(17)12(10-21-7-3-6-15)8-11-4-2-5-13(9-11)16(18)19/h2,4-5,8-9H,3,7,10H2,1H3/b12-8+. The maximum Gasteiger partial charge on any atom is 0.334 e. The molecule has 0 aliphatic rings. The van der Waals surface area contributed by atoms with Crippen LogP contribution in [0.4, 0.5) is 5.69 Å². The van der Waals surface area contributed by atoms with Crippen LogP contribution in [0.2, 0.25) is 0 Å². The molecule has 1 rings (SSSR count). The third kappa shape index (κ3) is 5.67. The highest BCUT2D eigenvalue weighted by Crippen LogP contribution is 2.18. The van der Waals surface area contributed by atoms with Crippen LogP contribution in [0, 0.1) is 21.4 Å². The maximum absolute atomic E-state index is 11.7. The van der Waals surface area contributed by atoms with Gasteiger partial charge in [-0.3, -0.25) is 10.1 Å². The van der Waals surface area contributed by atoms with Crippen LogP contribution < -0.4 is 0 Å². The monoisotopic (exact) mass is 306 g/mol. The van der Waals surface area contributed by atoms with E-state index < -0.39 is 10.9 Å². The SMILES string of the molecule is COC(=O)/C(=C/c1cccc([N+](=O)[O-])c1)CSCCC#N. The summed E-state index contributed by atoms with van der Waals surface area (Å²) in [7, 11) is 1.28. The minimum atomic E-state index is -0.489. The lowest BCUT2D eigenvalue weighted by Crippen LogP contribution is -2.07. The number of nitriles is 1. The largest absolute Gasteiger partial charge is 0.466 e. The van der Waals surface area contributed by atoms with Gasteiger partial charge in [0, 0.05) is 35.6 Å². The van der Waals surface area contributed by atoms with Gasteiger partial charge in [-0.1, -0.05) is 12.1 Å². The number of nitro groups is 1. The summed E-state index contributed by atoms with van der Waals surface area (Å²) in [5.74, 6) is 0.516. The Kier molecular flexibility index (Phi) is 6.98. The number of nitro benzene ring substituents is 1. The zero-order valence-electron chi connectivity index (χ0n) is 11.4. The van der Waals surface area contributed by atoms with Gasteiger partial charge < -0.3 is 4.74 Å². The van der Waals surface area contributed by atoms with Crippen molar-refractivity contribution >= 4 is 29.5 Å². The molecule has 0 fully saturated rings. The summed E-state index contributed by atoms with van der Waals surface area (Å²) in [5.41, 5.74) is 0.927. The Morgan fingerprint density at radius 2 is 2.33 bits per heavy atom. The van der Waals surface area contributed by atoms with Crippen molar-refractivity contribution in [2.24, 2.45) is 0 Å². The number of carbonyl (C=O) groups is 1. The fourth-order valence-electron chi connectivity index (χ4n) is 1.52. The zero-order chi connectivity index (χ0) is 15.7. The van der Waals surface area contributed by atoms with E-state index in [1.165, 1.54) is 31.0 Å². The molecule has 0 spiro atoms. The molecule has 0 aromatic heterocycles. The Morgan fingerprint density at radius 1 is 1.57 bits per heavy atom. The lowest BCUT2D eigenvalue weighted by molar-refractivity contribution is -0.384. The Balaban J connectivity index is 2.91. The van der Waals surface area contributed by atoms with Crippen molar-refractivity contribution in [3.8, 4) is 6.07 Å². The summed E-state index contributed by atoms with van der Waals surface area (Å²) in [6, 6.07) is 8.03. The molecular formula is C14H14N2O4S. The first-order chi connectivity index (χ1) is 10.1. The van der Waals surface area contributed by atoms with Crippen LogP contribution in [-0.4, -0.2) is 29.5 Å². The Morgan fingerprint density at radius 3 is 2.95 bits per heavy atom. The van der Waals surface area contributed by atoms with Gasteiger partial charge in [0.15, 0.2) is 0 Å². The third-order valence-electron chi connectivity index (χ3n) is 2.49. The van der Waals surface area contributed by atoms with Gasteiger partial charge in [0.25, 0.3) is 5.69 Å². The number of ether oxygens (including phenoxy) is 1. The van der Waals surface area contributed by atoms with Crippen LogP contribution >= 0.6 is 11.8 Å². The molecule has 0 radical (unpaired) electrons. The minimum absolute atomic E-state index is 0.0369. The highest BCUT2D eigenvalue weighted by atomic mass is 32.2. The second-order valence-corrected chi connectivity index (χ2v) is 5.08. The smallest absolute Gasteiger partial charge is 0.334 e. The quantitative estimate of drug-likeness (QED) is 0.253. The zero-order valence-corrected chi connectivity index (χ0v) is 12.3. The molecule has 0 unspecified atom stereocenters. The number of hydrogen-bond acceptors (Lipinski definition) is 6. The van der Waals surface area contributed by atoms with E-state index in [-0.39, 0.29) is 5.69 Å². The number of rotatable bonds is 7. The molecule has 0 amide bonds. The van der Waals surface area contributed by atoms with Gasteiger partial charge in [0.1, 0.15) is 0 Å². The number of esters is 1. The molecular weight excluding hydrogens is 292 g/mol. The number of benzene rings is 1. The summed E-state index contributed by atoms with van der Waals surface area (Å²) < 4.78 is 4.70. The molecule has 21 heavy (non-hydrogen) atoms. The molecule has 0 bridgehead atoms. The molecule has 0 heterocycles. The van der Waals surface area contributed by atoms with Crippen LogP contribution in [0.25, 0.3) is 6.08 Å². The van der Waals surface area contributed by atoms with Gasteiger partial charge in [-0.15, -0.1) is 0 Å². The molecule has 1 aromatic rings. The van der Waals surface area contributed by atoms with Crippen molar-refractivity contribution < 1.29 is 14.5 Å². The van der Waals surface area contributed by atoms with E-state index in [1.54, 1.807) is 18.2 Å². The number of nitrogens with zero attached hydrogens (tertiary/aromatic N) is 2. The molecule has 0 aliphatic carbocycles. The molecule has 1 aromatic carbocycles. The Bertz CT molecular complexity index is 593. The fourth-order valence-corrected chi connectivity index (χ4v) is 2.32. The normalized spacial score (nSPS) is 10.8. The average molecular weight is 306 g/mol. The molecule has 0 aliphatic heterocycles. The summed E-state index contributed by atoms with van der Waals surface area (Å²) >= 11 is 1.43. The molecule has 0 N–H and O–H groups in total. The third-order valence-corrected chi connectivity index (χ3v) is 3.49. The van der Waals surface area contributed by atoms with Crippen LogP contribution in [0.15, 0.2) is 29.8 Å². The topological polar surface area (TPSA) is 93.2 Å². The van der Waals surface area contributed by atoms with Crippen LogP contribution in [0.3, 0.4) is 0 Å². The number of methoxy groups -OCH3 is 1. The molecule has 0 saturated carbocycles. The molecule has 0 saturated heterocycles. The molecule has 7 heteroatoms. The van der Waals surface area contributed by atoms with E-state index in [4.69, 9.17) is 10.00 Å². The number of thioether (sulfide) groups is 1. The van der Waals surface area contributed by atoms with Gasteiger partial charge in [-0.2, -0.15) is 17.0 Å². The van der Waals surface area contributed by atoms with Gasteiger partial charge in [0.2, 0.25) is 0 Å². The summed E-state index contributed by atoms with van der Waals surface area (Å²) in [5, 5.41) is 19.2. The van der Waals surface area contributed by atoms with Crippen molar-refractivity contribution in [1.29, 1.82) is 5.26 Å². The van der Waals surface area contributed by atoms with Crippen LogP contribution in [0.5, 0.6) is 0 Å². The van der Waals surface area contributed by atoms with Crippen LogP contribution in [-0.2, 0) is 9.53 Å². The van der Waals surface area contributed by atoms with Gasteiger partial charge in [-0.05, 0) is 11.6 Å². The number of hydrogen-bond donors (Lipinski definition) is 0. The molecule has 6 nitrogen and oxygen atoms in total. The lowest BCUT2D eigenvalue weighted by atomic mass is 10.1. The van der Waals surface area contributed by atoms with Crippen molar-refractivity contribution in [2.75, 3.05) is 18.6 Å². The Labute approximate surface area is 126 Å². The predicted octanol–water partition coefficient (Wildman–Crippen LogP) is 2.80. The van der Waals surface area contributed by atoms with Crippen molar-refractivity contribution in [3.63, 3.8) is 0 Å². The van der Waals surface area contributed by atoms with Crippen molar-refractivity contribution in [3.05, 3.63) is 45.5 Å². The van der Waals surface area contributed by atoms with E-state index in [2.05, 4.69) is 0 Å². The predicted molar refractivity (Wildman–Crippen MR) is 80.6 cm³/mol. The van der Waals surface area contributed by atoms with Gasteiger partial charge >= 0.3 is 5.97 Å². The summed E-state index contributed by atoms with van der Waals surface area (Å²) in [6.45, 7) is 0. The van der Waals surface area contributed by atoms with Gasteiger partial charge in [-0.25, -0.2) is 4.79 Å². The lowest BCUT2D eigenvalue weighted by Gasteiger charge is -2.05. The van der Waals surface area contributed by atoms with Crippen molar-refractivity contribution in [2.45, 2.75) is 6.42 Å². The fraction of sp³-hybridized carbons (Fsp3) is 0.286. The average Bonchev–Trinajstić information content (AvgIpc) is 2.49. The summed E-state index contributed by atoms with van der Waals surface area (Å²) in [6.07, 6.45) is 1.97. The first-order valence-electron chi connectivity index (χ1n) is 6.06. The second kappa shape index (κ2) is 8.76. The van der Waals surface area contributed by atoms with E-state index in [0.717, 1.165) is 0 Å². The summed E-state index contributed by atoms with van der Waals surface area (Å²) in [4.78, 5) is 21.9. The van der Waals surface area contributed by atoms with E-state index in [1.807, 2.05) is 6.07 Å². The number of non-ortho nitro benzene ring substituents is 1. The van der Waals surface area contributed by atoms with Crippen LogP contribution in [0.1, 0.15) is 12.0 Å².